The molecule has 0 radical (unpaired) electrons. The first-order chi connectivity index (χ1) is 26.5. The van der Waals surface area contributed by atoms with Gasteiger partial charge in [0.15, 0.2) is 0 Å². The van der Waals surface area contributed by atoms with Crippen molar-refractivity contribution in [2.24, 2.45) is 5.41 Å². The molecule has 3 aromatic carbocycles. The summed E-state index contributed by atoms with van der Waals surface area (Å²) in [6.45, 7) is 19.8. The largest absolute Gasteiger partial charge is 0.487 e. The third kappa shape index (κ3) is 8.69. The van der Waals surface area contributed by atoms with E-state index in [9.17, 15) is 13.9 Å². The first-order valence-corrected chi connectivity index (χ1v) is 20.6. The minimum absolute atomic E-state index is 0.190. The van der Waals surface area contributed by atoms with Gasteiger partial charge in [-0.2, -0.15) is 4.31 Å². The van der Waals surface area contributed by atoms with Crippen LogP contribution in [0.2, 0.25) is 0 Å². The lowest BCUT2D eigenvalue weighted by Gasteiger charge is -2.42. The number of rotatable bonds is 13. The average molecular weight is 786 g/mol. The fraction of sp³-hybridized carbons (Fsp3) is 0.452. The number of amides is 1. The van der Waals surface area contributed by atoms with Crippen LogP contribution in [0.15, 0.2) is 71.9 Å². The van der Waals surface area contributed by atoms with E-state index in [2.05, 4.69) is 43.8 Å². The van der Waals surface area contributed by atoms with E-state index in [1.54, 1.807) is 22.5 Å². The highest BCUT2D eigenvalue weighted by Gasteiger charge is 2.41. The van der Waals surface area contributed by atoms with Gasteiger partial charge in [0.05, 0.1) is 47.8 Å². The lowest BCUT2D eigenvalue weighted by molar-refractivity contribution is -0.124. The molecule has 13 nitrogen and oxygen atoms in total. The number of ether oxygens (including phenoxy) is 3. The lowest BCUT2D eigenvalue weighted by atomic mass is 9.69. The van der Waals surface area contributed by atoms with Gasteiger partial charge in [-0.05, 0) is 94.0 Å². The standard InChI is InChI=1S/C42H55N7O6S/c1-10-32-26-48(56(51,52)36-15-13-12-14-35(36)55-32)25-30-22-29(17-16-27(30)3)37(33-18-19-34-38(28(33)4)46-47-49(34)11-2)42(8,9)39(50)45-31-23-43-40(44-24-31)53-20-21-54-41(5,6)7/h12-19,22-24,32,37,51-52H,10-11,20-21,25-26H2,1-9H3,(H,45,50). The van der Waals surface area contributed by atoms with E-state index >= 15 is 0 Å². The molecule has 56 heavy (non-hydrogen) atoms. The number of carbonyl (C=O) groups is 1. The molecule has 14 heteroatoms. The molecule has 0 saturated carbocycles. The van der Waals surface area contributed by atoms with Crippen LogP contribution in [0, 0.1) is 19.3 Å². The van der Waals surface area contributed by atoms with Crippen LogP contribution in [0.4, 0.5) is 5.69 Å². The summed E-state index contributed by atoms with van der Waals surface area (Å²) in [6.07, 6.45) is 3.53. The number of nitrogens with one attached hydrogen (secondary N) is 1. The summed E-state index contributed by atoms with van der Waals surface area (Å²) < 4.78 is 44.8. The van der Waals surface area contributed by atoms with Crippen molar-refractivity contribution in [1.29, 1.82) is 0 Å². The van der Waals surface area contributed by atoms with Gasteiger partial charge >= 0.3 is 6.01 Å². The predicted molar refractivity (Wildman–Crippen MR) is 219 cm³/mol. The van der Waals surface area contributed by atoms with Gasteiger partial charge in [0.2, 0.25) is 5.91 Å². The van der Waals surface area contributed by atoms with Gasteiger partial charge < -0.3 is 19.5 Å². The number of hydrogen-bond acceptors (Lipinski definition) is 11. The molecule has 2 aromatic heterocycles. The Morgan fingerprint density at radius 1 is 1.02 bits per heavy atom. The summed E-state index contributed by atoms with van der Waals surface area (Å²) in [4.78, 5) is 23.5. The second-order valence-electron chi connectivity index (χ2n) is 15.8. The third-order valence-electron chi connectivity index (χ3n) is 10.3. The maximum atomic E-state index is 14.5. The molecule has 0 saturated heterocycles. The Kier molecular flexibility index (Phi) is 12.1. The van der Waals surface area contributed by atoms with E-state index in [1.165, 1.54) is 12.4 Å². The number of anilines is 1. The molecular formula is C42H55N7O6S. The molecule has 3 heterocycles. The monoisotopic (exact) mass is 785 g/mol. The second-order valence-corrected chi connectivity index (χ2v) is 17.8. The SMILES string of the molecule is CCC1CN(Cc2cc(C(c3ccc4c(nnn4CC)c3C)C(C)(C)C(=O)Nc3cnc(OCCOC(C)(C)C)nc3)ccc2C)S(O)(O)c2ccccc2O1. The summed E-state index contributed by atoms with van der Waals surface area (Å²) in [5, 5.41) is 12.0. The number of benzene rings is 3. The number of aryl methyl sites for hydroxylation is 3. The fourth-order valence-electron chi connectivity index (χ4n) is 7.13. The molecule has 0 bridgehead atoms. The van der Waals surface area contributed by atoms with E-state index in [0.717, 1.165) is 38.9 Å². The van der Waals surface area contributed by atoms with Crippen LogP contribution >= 0.6 is 10.8 Å². The molecule has 1 aliphatic rings. The van der Waals surface area contributed by atoms with Crippen LogP contribution in [0.5, 0.6) is 11.8 Å². The fourth-order valence-corrected chi connectivity index (χ4v) is 8.75. The van der Waals surface area contributed by atoms with Crippen LogP contribution in [0.25, 0.3) is 11.0 Å². The maximum Gasteiger partial charge on any atom is 0.316 e. The van der Waals surface area contributed by atoms with E-state index in [-0.39, 0.29) is 30.2 Å². The Morgan fingerprint density at radius 3 is 2.45 bits per heavy atom. The van der Waals surface area contributed by atoms with Crippen molar-refractivity contribution in [1.82, 2.24) is 29.3 Å². The van der Waals surface area contributed by atoms with Gasteiger partial charge in [-0.3, -0.25) is 13.9 Å². The molecule has 2 atom stereocenters. The zero-order valence-electron chi connectivity index (χ0n) is 33.9. The van der Waals surface area contributed by atoms with Crippen molar-refractivity contribution in [2.75, 3.05) is 25.1 Å². The van der Waals surface area contributed by atoms with E-state index in [4.69, 9.17) is 14.2 Å². The quantitative estimate of drug-likeness (QED) is 0.0983. The minimum Gasteiger partial charge on any atom is -0.487 e. The summed E-state index contributed by atoms with van der Waals surface area (Å²) in [5.74, 6) is -0.205. The Morgan fingerprint density at radius 2 is 1.75 bits per heavy atom. The number of fused-ring (bicyclic) bond motifs is 2. The van der Waals surface area contributed by atoms with Gasteiger partial charge in [-0.1, -0.05) is 62.4 Å². The Labute approximate surface area is 331 Å². The molecule has 0 fully saturated rings. The number of nitrogens with zero attached hydrogens (tertiary/aromatic N) is 6. The predicted octanol–water partition coefficient (Wildman–Crippen LogP) is 8.55. The normalized spacial score (nSPS) is 17.1. The van der Waals surface area contributed by atoms with Crippen LogP contribution in [-0.4, -0.2) is 75.7 Å². The molecule has 300 valence electrons. The summed E-state index contributed by atoms with van der Waals surface area (Å²) in [6, 6.07) is 17.6. The van der Waals surface area contributed by atoms with Crippen LogP contribution < -0.4 is 14.8 Å². The molecule has 0 spiro atoms. The number of hydrogen-bond donors (Lipinski definition) is 3. The minimum atomic E-state index is -3.39. The highest BCUT2D eigenvalue weighted by molar-refractivity contribution is 8.22. The van der Waals surface area contributed by atoms with Crippen molar-refractivity contribution in [3.63, 3.8) is 0 Å². The van der Waals surface area contributed by atoms with Gasteiger partial charge in [-0.25, -0.2) is 14.6 Å². The van der Waals surface area contributed by atoms with E-state index in [1.807, 2.05) is 85.2 Å². The highest BCUT2D eigenvalue weighted by atomic mass is 32.3. The first-order valence-electron chi connectivity index (χ1n) is 19.1. The van der Waals surface area contributed by atoms with Gasteiger partial charge in [0, 0.05) is 19.0 Å². The van der Waals surface area contributed by atoms with Crippen molar-refractivity contribution in [3.05, 3.63) is 94.8 Å². The Bertz CT molecular complexity index is 2170. The van der Waals surface area contributed by atoms with E-state index < -0.39 is 22.1 Å². The summed E-state index contributed by atoms with van der Waals surface area (Å²) in [7, 11) is -3.39. The topological polar surface area (TPSA) is 157 Å². The van der Waals surface area contributed by atoms with Gasteiger partial charge in [-0.15, -0.1) is 15.9 Å². The first kappa shape index (κ1) is 41.0. The number of aromatic nitrogens is 5. The molecule has 0 aliphatic carbocycles. The average Bonchev–Trinajstić information content (AvgIpc) is 3.55. The van der Waals surface area contributed by atoms with Crippen LogP contribution in [0.3, 0.4) is 0 Å². The van der Waals surface area contributed by atoms with Crippen molar-refractivity contribution < 1.29 is 28.1 Å². The van der Waals surface area contributed by atoms with Crippen molar-refractivity contribution in [2.45, 2.75) is 104 Å². The van der Waals surface area contributed by atoms with Crippen molar-refractivity contribution in [3.8, 4) is 11.8 Å². The van der Waals surface area contributed by atoms with E-state index in [0.29, 0.717) is 49.1 Å². The molecule has 3 N–H and O–H groups in total. The second kappa shape index (κ2) is 16.5. The summed E-state index contributed by atoms with van der Waals surface area (Å²) in [5.41, 5.74) is 5.46. The van der Waals surface area contributed by atoms with Crippen molar-refractivity contribution >= 4 is 33.4 Å². The molecule has 1 amide bonds. The number of para-hydroxylation sites is 1. The zero-order valence-corrected chi connectivity index (χ0v) is 34.7. The number of carbonyl (C=O) groups excluding carboxylic acids is 1. The highest BCUT2D eigenvalue weighted by Crippen LogP contribution is 2.57. The Balaban J connectivity index is 1.35. The van der Waals surface area contributed by atoms with Gasteiger partial charge in [0.25, 0.3) is 0 Å². The maximum absolute atomic E-state index is 14.5. The van der Waals surface area contributed by atoms with Crippen LogP contribution in [0.1, 0.15) is 88.6 Å². The smallest absolute Gasteiger partial charge is 0.316 e. The third-order valence-corrected chi connectivity index (χ3v) is 12.3. The zero-order chi connectivity index (χ0) is 40.4. The molecule has 6 rings (SSSR count). The lowest BCUT2D eigenvalue weighted by Crippen LogP contribution is -2.37. The molecule has 5 aromatic rings. The molecule has 1 aliphatic heterocycles. The van der Waals surface area contributed by atoms with Crippen LogP contribution in [-0.2, 0) is 22.6 Å². The molecular weight excluding hydrogens is 731 g/mol. The Hall–Kier alpha value is -4.60. The molecule has 2 unspecified atom stereocenters. The van der Waals surface area contributed by atoms with Gasteiger partial charge in [0.1, 0.15) is 28.9 Å². The summed E-state index contributed by atoms with van der Waals surface area (Å²) >= 11 is 0.